The highest BCUT2D eigenvalue weighted by Crippen LogP contribution is 2.23. The maximum atomic E-state index is 11.3. The van der Waals surface area contributed by atoms with Crippen molar-refractivity contribution in [3.05, 3.63) is 71.3 Å². The zero-order valence-corrected chi connectivity index (χ0v) is 11.8. The molecule has 2 aromatic carbocycles. The highest BCUT2D eigenvalue weighted by molar-refractivity contribution is 5.92. The molecular formula is C17H20N2O. The van der Waals surface area contributed by atoms with Gasteiger partial charge in [-0.2, -0.15) is 0 Å². The minimum absolute atomic E-state index is 0.0514. The molecule has 0 bridgehead atoms. The first-order valence-corrected chi connectivity index (χ1v) is 6.78. The SMILES string of the molecule is CC(C)NC(c1ccccc1)c1cccc(C(N)=O)c1. The van der Waals surface area contributed by atoms with Crippen LogP contribution in [0.2, 0.25) is 0 Å². The molecule has 0 aliphatic rings. The molecule has 0 radical (unpaired) electrons. The fourth-order valence-corrected chi connectivity index (χ4v) is 2.24. The second kappa shape index (κ2) is 6.35. The van der Waals surface area contributed by atoms with Crippen molar-refractivity contribution in [2.45, 2.75) is 25.9 Å². The molecule has 3 N–H and O–H groups in total. The highest BCUT2D eigenvalue weighted by atomic mass is 16.1. The largest absolute Gasteiger partial charge is 0.366 e. The lowest BCUT2D eigenvalue weighted by Crippen LogP contribution is -2.29. The van der Waals surface area contributed by atoms with Crippen LogP contribution >= 0.6 is 0 Å². The molecule has 0 heterocycles. The minimum atomic E-state index is -0.400. The third-order valence-electron chi connectivity index (χ3n) is 3.14. The van der Waals surface area contributed by atoms with E-state index in [2.05, 4.69) is 31.3 Å². The van der Waals surface area contributed by atoms with E-state index >= 15 is 0 Å². The molecular weight excluding hydrogens is 248 g/mol. The van der Waals surface area contributed by atoms with Crippen molar-refractivity contribution in [3.63, 3.8) is 0 Å². The molecule has 104 valence electrons. The number of nitrogens with two attached hydrogens (primary N) is 1. The van der Waals surface area contributed by atoms with Gasteiger partial charge in [0.15, 0.2) is 0 Å². The Bertz CT molecular complexity index is 579. The Morgan fingerprint density at radius 3 is 2.25 bits per heavy atom. The fourth-order valence-electron chi connectivity index (χ4n) is 2.24. The Labute approximate surface area is 119 Å². The van der Waals surface area contributed by atoms with Gasteiger partial charge in [-0.3, -0.25) is 4.79 Å². The Balaban J connectivity index is 2.41. The zero-order chi connectivity index (χ0) is 14.5. The number of primary amides is 1. The molecule has 1 amide bonds. The van der Waals surface area contributed by atoms with Gasteiger partial charge in [0.25, 0.3) is 0 Å². The van der Waals surface area contributed by atoms with Crippen molar-refractivity contribution in [2.24, 2.45) is 5.73 Å². The van der Waals surface area contributed by atoms with Gasteiger partial charge in [-0.05, 0) is 37.1 Å². The molecule has 2 rings (SSSR count). The molecule has 1 unspecified atom stereocenters. The molecule has 2 aromatic rings. The molecule has 0 aliphatic heterocycles. The van der Waals surface area contributed by atoms with Gasteiger partial charge in [0.2, 0.25) is 5.91 Å². The highest BCUT2D eigenvalue weighted by Gasteiger charge is 2.15. The number of hydrogen-bond donors (Lipinski definition) is 2. The zero-order valence-electron chi connectivity index (χ0n) is 11.8. The second-order valence-corrected chi connectivity index (χ2v) is 5.15. The summed E-state index contributed by atoms with van der Waals surface area (Å²) in [5.74, 6) is -0.400. The van der Waals surface area contributed by atoms with Crippen LogP contribution in [-0.4, -0.2) is 11.9 Å². The average Bonchev–Trinajstić information content (AvgIpc) is 2.45. The first-order chi connectivity index (χ1) is 9.58. The van der Waals surface area contributed by atoms with Crippen LogP contribution in [0.1, 0.15) is 41.4 Å². The molecule has 1 atom stereocenters. The maximum Gasteiger partial charge on any atom is 0.248 e. The molecule has 3 heteroatoms. The van der Waals surface area contributed by atoms with Gasteiger partial charge in [-0.1, -0.05) is 42.5 Å². The third kappa shape index (κ3) is 3.45. The predicted molar refractivity (Wildman–Crippen MR) is 81.5 cm³/mol. The monoisotopic (exact) mass is 268 g/mol. The minimum Gasteiger partial charge on any atom is -0.366 e. The second-order valence-electron chi connectivity index (χ2n) is 5.15. The smallest absolute Gasteiger partial charge is 0.248 e. The Kier molecular flexibility index (Phi) is 4.53. The van der Waals surface area contributed by atoms with Gasteiger partial charge in [0.05, 0.1) is 6.04 Å². The molecule has 20 heavy (non-hydrogen) atoms. The Morgan fingerprint density at radius 2 is 1.65 bits per heavy atom. The number of benzene rings is 2. The Morgan fingerprint density at radius 1 is 1.00 bits per heavy atom. The van der Waals surface area contributed by atoms with Crippen molar-refractivity contribution in [1.29, 1.82) is 0 Å². The van der Waals surface area contributed by atoms with Crippen LogP contribution in [0.5, 0.6) is 0 Å². The van der Waals surface area contributed by atoms with Crippen LogP contribution in [0, 0.1) is 0 Å². The van der Waals surface area contributed by atoms with Crippen molar-refractivity contribution in [2.75, 3.05) is 0 Å². The van der Waals surface area contributed by atoms with Crippen LogP contribution in [0.25, 0.3) is 0 Å². The summed E-state index contributed by atoms with van der Waals surface area (Å²) < 4.78 is 0. The number of amides is 1. The fraction of sp³-hybridized carbons (Fsp3) is 0.235. The lowest BCUT2D eigenvalue weighted by Gasteiger charge is -2.22. The molecule has 3 nitrogen and oxygen atoms in total. The third-order valence-corrected chi connectivity index (χ3v) is 3.14. The van der Waals surface area contributed by atoms with Crippen molar-refractivity contribution in [3.8, 4) is 0 Å². The van der Waals surface area contributed by atoms with Gasteiger partial charge in [-0.25, -0.2) is 0 Å². The predicted octanol–water partition coefficient (Wildman–Crippen LogP) is 2.87. The first-order valence-electron chi connectivity index (χ1n) is 6.78. The summed E-state index contributed by atoms with van der Waals surface area (Å²) in [5.41, 5.74) is 8.11. The van der Waals surface area contributed by atoms with E-state index < -0.39 is 5.91 Å². The van der Waals surface area contributed by atoms with Crippen LogP contribution in [0.3, 0.4) is 0 Å². The number of carbonyl (C=O) groups is 1. The lowest BCUT2D eigenvalue weighted by atomic mass is 9.96. The van der Waals surface area contributed by atoms with E-state index in [1.165, 1.54) is 5.56 Å². The summed E-state index contributed by atoms with van der Waals surface area (Å²) in [6, 6.07) is 18.0. The maximum absolute atomic E-state index is 11.3. The van der Waals surface area contributed by atoms with E-state index in [0.717, 1.165) is 5.56 Å². The summed E-state index contributed by atoms with van der Waals surface area (Å²) in [4.78, 5) is 11.3. The number of nitrogens with one attached hydrogen (secondary N) is 1. The van der Waals surface area contributed by atoms with E-state index in [1.54, 1.807) is 6.07 Å². The quantitative estimate of drug-likeness (QED) is 0.876. The topological polar surface area (TPSA) is 55.1 Å². The van der Waals surface area contributed by atoms with Crippen molar-refractivity contribution in [1.82, 2.24) is 5.32 Å². The van der Waals surface area contributed by atoms with Gasteiger partial charge >= 0.3 is 0 Å². The van der Waals surface area contributed by atoms with E-state index in [4.69, 9.17) is 5.73 Å². The van der Waals surface area contributed by atoms with Crippen LogP contribution < -0.4 is 11.1 Å². The van der Waals surface area contributed by atoms with Gasteiger partial charge in [-0.15, -0.1) is 0 Å². The van der Waals surface area contributed by atoms with Crippen molar-refractivity contribution >= 4 is 5.91 Å². The molecule has 0 aliphatic carbocycles. The molecule has 0 saturated carbocycles. The van der Waals surface area contributed by atoms with E-state index in [-0.39, 0.29) is 6.04 Å². The summed E-state index contributed by atoms with van der Waals surface area (Å²) in [5, 5.41) is 3.53. The summed E-state index contributed by atoms with van der Waals surface area (Å²) in [6.07, 6.45) is 0. The Hall–Kier alpha value is -2.13. The summed E-state index contributed by atoms with van der Waals surface area (Å²) >= 11 is 0. The molecule has 0 aromatic heterocycles. The van der Waals surface area contributed by atoms with E-state index in [9.17, 15) is 4.79 Å². The van der Waals surface area contributed by atoms with E-state index in [1.807, 2.05) is 36.4 Å². The normalized spacial score (nSPS) is 12.3. The van der Waals surface area contributed by atoms with Crippen LogP contribution in [0.15, 0.2) is 54.6 Å². The van der Waals surface area contributed by atoms with E-state index in [0.29, 0.717) is 11.6 Å². The lowest BCUT2D eigenvalue weighted by molar-refractivity contribution is 0.1000. The van der Waals surface area contributed by atoms with Crippen LogP contribution in [-0.2, 0) is 0 Å². The molecule has 0 spiro atoms. The molecule has 0 fully saturated rings. The van der Waals surface area contributed by atoms with Crippen molar-refractivity contribution < 1.29 is 4.79 Å². The van der Waals surface area contributed by atoms with Gasteiger partial charge in [0, 0.05) is 11.6 Å². The average molecular weight is 268 g/mol. The van der Waals surface area contributed by atoms with Gasteiger partial charge in [0.1, 0.15) is 0 Å². The van der Waals surface area contributed by atoms with Crippen LogP contribution in [0.4, 0.5) is 0 Å². The summed E-state index contributed by atoms with van der Waals surface area (Å²) in [6.45, 7) is 4.21. The van der Waals surface area contributed by atoms with Gasteiger partial charge < -0.3 is 11.1 Å². The standard InChI is InChI=1S/C17H20N2O/c1-12(2)19-16(13-7-4-3-5-8-13)14-9-6-10-15(11-14)17(18)20/h3-12,16,19H,1-2H3,(H2,18,20). The first kappa shape index (κ1) is 14.3. The number of hydrogen-bond acceptors (Lipinski definition) is 2. The molecule has 0 saturated heterocycles. The summed E-state index contributed by atoms with van der Waals surface area (Å²) in [7, 11) is 0. The number of rotatable bonds is 5. The number of carbonyl (C=O) groups excluding carboxylic acids is 1.